The molecule has 2 saturated carbocycles. The van der Waals surface area contributed by atoms with Gasteiger partial charge in [0.15, 0.2) is 5.82 Å². The van der Waals surface area contributed by atoms with Crippen molar-refractivity contribution >= 4 is 45.0 Å². The van der Waals surface area contributed by atoms with Gasteiger partial charge in [-0.2, -0.15) is 5.10 Å². The summed E-state index contributed by atoms with van der Waals surface area (Å²) in [5.74, 6) is 0.334. The third kappa shape index (κ3) is 5.82. The molecule has 0 bridgehead atoms. The van der Waals surface area contributed by atoms with Crippen molar-refractivity contribution in [1.29, 1.82) is 0 Å². The van der Waals surface area contributed by atoms with Gasteiger partial charge in [0.1, 0.15) is 29.6 Å². The maximum Gasteiger partial charge on any atom is 0.251 e. The Balaban J connectivity index is 0.000000860. The molecule has 234 valence electrons. The summed E-state index contributed by atoms with van der Waals surface area (Å²) in [6.07, 6.45) is 6.06. The number of benzene rings is 2. The Morgan fingerprint density at radius 3 is 2.67 bits per heavy atom. The lowest BCUT2D eigenvalue weighted by Crippen LogP contribution is -2.29. The monoisotopic (exact) mass is 631 g/mol. The molecule has 2 unspecified atom stereocenters. The number of nitrogens with zero attached hydrogens (tertiary/aromatic N) is 3. The van der Waals surface area contributed by atoms with Crippen molar-refractivity contribution in [3.8, 4) is 17.0 Å². The van der Waals surface area contributed by atoms with Gasteiger partial charge in [-0.05, 0) is 62.9 Å². The lowest BCUT2D eigenvalue weighted by Gasteiger charge is -2.20. The molecular weight excluding hydrogens is 596 g/mol. The number of amides is 1. The second kappa shape index (κ2) is 12.6. The van der Waals surface area contributed by atoms with E-state index in [1.54, 1.807) is 12.1 Å². The normalized spacial score (nSPS) is 17.5. The fourth-order valence-electron chi connectivity index (χ4n) is 6.05. The summed E-state index contributed by atoms with van der Waals surface area (Å²) in [4.78, 5) is 26.4. The van der Waals surface area contributed by atoms with Crippen LogP contribution in [0.4, 0.5) is 8.78 Å². The summed E-state index contributed by atoms with van der Waals surface area (Å²) < 4.78 is 37.9. The predicted molar refractivity (Wildman–Crippen MR) is 172 cm³/mol. The minimum absolute atomic E-state index is 0.00336. The third-order valence-electron chi connectivity index (χ3n) is 8.65. The number of carbonyl (C=O) groups is 2. The predicted octanol–water partition coefficient (Wildman–Crippen LogP) is 6.74. The van der Waals surface area contributed by atoms with Gasteiger partial charge in [-0.1, -0.05) is 19.1 Å². The van der Waals surface area contributed by atoms with Gasteiger partial charge in [0.05, 0.1) is 17.3 Å². The standard InChI is InChI=1S/C32H28F2N4O2S.CH5N.CH2O/c1-16-14-40-30-22(16)11-27(36-29(30)24-15-41-31-21(24)3-2-4-25(31)33)23(17-5-6-17)12-35-32(39)18-9-19-13-38(20-7-8-20)37-28(19)26(34)10-18;2*1-2/h2-4,9-11,13,15-17,20,23H,5-8,12,14H2,1H3,(H,35,39);2H2,1H3;1H2. The summed E-state index contributed by atoms with van der Waals surface area (Å²) in [5, 5.41) is 10.9. The second-order valence-electron chi connectivity index (χ2n) is 11.7. The molecule has 3 N–H and O–H groups in total. The molecular formula is C34H35F2N5O3S. The van der Waals surface area contributed by atoms with E-state index >= 15 is 0 Å². The second-order valence-corrected chi connectivity index (χ2v) is 12.6. The van der Waals surface area contributed by atoms with Gasteiger partial charge in [-0.3, -0.25) is 9.48 Å². The molecule has 45 heavy (non-hydrogen) atoms. The highest BCUT2D eigenvalue weighted by molar-refractivity contribution is 7.17. The zero-order valence-electron chi connectivity index (χ0n) is 25.2. The summed E-state index contributed by atoms with van der Waals surface area (Å²) in [6.45, 7) is 5.10. The van der Waals surface area contributed by atoms with E-state index in [4.69, 9.17) is 14.5 Å². The molecule has 1 aliphatic heterocycles. The van der Waals surface area contributed by atoms with Gasteiger partial charge in [0.25, 0.3) is 5.91 Å². The molecule has 2 aromatic carbocycles. The number of nitrogens with one attached hydrogen (secondary N) is 1. The molecule has 11 heteroatoms. The molecule has 8 nitrogen and oxygen atoms in total. The Morgan fingerprint density at radius 2 is 1.93 bits per heavy atom. The number of hydrogen-bond acceptors (Lipinski definition) is 7. The van der Waals surface area contributed by atoms with E-state index in [-0.39, 0.29) is 29.1 Å². The first-order chi connectivity index (χ1) is 21.9. The summed E-state index contributed by atoms with van der Waals surface area (Å²) >= 11 is 1.37. The lowest BCUT2D eigenvalue weighted by atomic mass is 9.93. The van der Waals surface area contributed by atoms with Crippen molar-refractivity contribution in [1.82, 2.24) is 20.1 Å². The van der Waals surface area contributed by atoms with Crippen LogP contribution < -0.4 is 15.8 Å². The van der Waals surface area contributed by atoms with Gasteiger partial charge in [-0.15, -0.1) is 11.3 Å². The summed E-state index contributed by atoms with van der Waals surface area (Å²) in [6, 6.07) is 10.6. The maximum atomic E-state index is 14.9. The third-order valence-corrected chi connectivity index (χ3v) is 9.66. The number of aromatic nitrogens is 3. The zero-order chi connectivity index (χ0) is 31.8. The highest BCUT2D eigenvalue weighted by atomic mass is 32.1. The summed E-state index contributed by atoms with van der Waals surface area (Å²) in [5.41, 5.74) is 8.69. The number of ether oxygens (including phenoxy) is 1. The number of rotatable bonds is 7. The Hall–Kier alpha value is -4.22. The van der Waals surface area contributed by atoms with Crippen molar-refractivity contribution in [2.75, 3.05) is 20.2 Å². The molecule has 5 aromatic rings. The first-order valence-electron chi connectivity index (χ1n) is 15.1. The fraction of sp³-hybridized carbons (Fsp3) is 0.353. The van der Waals surface area contributed by atoms with Crippen molar-refractivity contribution in [3.05, 3.63) is 76.4 Å². The van der Waals surface area contributed by atoms with Gasteiger partial charge >= 0.3 is 0 Å². The summed E-state index contributed by atoms with van der Waals surface area (Å²) in [7, 11) is 1.50. The van der Waals surface area contributed by atoms with Crippen LogP contribution in [0.15, 0.2) is 48.0 Å². The van der Waals surface area contributed by atoms with Crippen molar-refractivity contribution in [3.63, 3.8) is 0 Å². The molecule has 3 aliphatic rings. The number of thiophene rings is 1. The van der Waals surface area contributed by atoms with Crippen molar-refractivity contribution < 1.29 is 23.1 Å². The topological polar surface area (TPSA) is 112 Å². The molecule has 1 amide bonds. The van der Waals surface area contributed by atoms with Gasteiger partial charge in [0.2, 0.25) is 0 Å². The quantitative estimate of drug-likeness (QED) is 0.206. The molecule has 2 aliphatic carbocycles. The Morgan fingerprint density at radius 1 is 1.16 bits per heavy atom. The first-order valence-corrected chi connectivity index (χ1v) is 16.0. The lowest BCUT2D eigenvalue weighted by molar-refractivity contribution is -0.0980. The van der Waals surface area contributed by atoms with Crippen LogP contribution in [0, 0.1) is 17.6 Å². The van der Waals surface area contributed by atoms with E-state index in [1.165, 1.54) is 30.5 Å². The molecule has 2 atom stereocenters. The van der Waals surface area contributed by atoms with Crippen LogP contribution in [-0.4, -0.2) is 47.7 Å². The van der Waals surface area contributed by atoms with E-state index in [0.717, 1.165) is 59.3 Å². The Labute approximate surface area is 263 Å². The largest absolute Gasteiger partial charge is 0.490 e. The molecule has 3 aromatic heterocycles. The van der Waals surface area contributed by atoms with E-state index in [1.807, 2.05) is 29.1 Å². The van der Waals surface area contributed by atoms with E-state index < -0.39 is 5.82 Å². The molecule has 0 radical (unpaired) electrons. The van der Waals surface area contributed by atoms with Crippen molar-refractivity contribution in [2.24, 2.45) is 11.7 Å². The number of nitrogens with two attached hydrogens (primary N) is 1. The average molecular weight is 632 g/mol. The van der Waals surface area contributed by atoms with Gasteiger partial charge in [-0.25, -0.2) is 13.8 Å². The number of halogens is 2. The van der Waals surface area contributed by atoms with Crippen LogP contribution in [0.25, 0.3) is 32.2 Å². The molecule has 0 spiro atoms. The number of fused-ring (bicyclic) bond motifs is 3. The van der Waals surface area contributed by atoms with E-state index in [9.17, 15) is 13.6 Å². The van der Waals surface area contributed by atoms with E-state index in [0.29, 0.717) is 40.7 Å². The molecule has 2 fully saturated rings. The van der Waals surface area contributed by atoms with Crippen LogP contribution in [0.5, 0.6) is 5.75 Å². The average Bonchev–Trinajstić information content (AvgIpc) is 3.97. The van der Waals surface area contributed by atoms with Gasteiger partial charge < -0.3 is 20.6 Å². The highest BCUT2D eigenvalue weighted by Gasteiger charge is 2.36. The SMILES string of the molecule is C=O.CC1COc2c1cc(C(CNC(=O)c1cc(F)c3nn(C4CC4)cc3c1)C1CC1)nc2-c1csc2c(F)cccc12.CN. The minimum Gasteiger partial charge on any atom is -0.490 e. The minimum atomic E-state index is -0.482. The van der Waals surface area contributed by atoms with Crippen LogP contribution >= 0.6 is 11.3 Å². The number of pyridine rings is 1. The smallest absolute Gasteiger partial charge is 0.251 e. The molecule has 0 saturated heterocycles. The number of hydrogen-bond donors (Lipinski definition) is 2. The van der Waals surface area contributed by atoms with E-state index in [2.05, 4.69) is 29.1 Å². The Bertz CT molecular complexity index is 1880. The number of carbonyl (C=O) groups excluding carboxylic acids is 2. The fourth-order valence-corrected chi connectivity index (χ4v) is 7.01. The highest BCUT2D eigenvalue weighted by Crippen LogP contribution is 2.48. The van der Waals surface area contributed by atoms with Crippen LogP contribution in [0.3, 0.4) is 0 Å². The molecule has 8 rings (SSSR count). The zero-order valence-corrected chi connectivity index (χ0v) is 26.0. The Kier molecular flexibility index (Phi) is 8.65. The van der Waals surface area contributed by atoms with Crippen LogP contribution in [0.2, 0.25) is 0 Å². The van der Waals surface area contributed by atoms with Gasteiger partial charge in [0, 0.05) is 63.1 Å². The first kappa shape index (κ1) is 30.8. The van der Waals surface area contributed by atoms with Crippen molar-refractivity contribution in [2.45, 2.75) is 50.5 Å². The molecule has 4 heterocycles. The van der Waals surface area contributed by atoms with Crippen LogP contribution in [-0.2, 0) is 4.79 Å². The van der Waals surface area contributed by atoms with Crippen LogP contribution in [0.1, 0.15) is 72.1 Å². The maximum absolute atomic E-state index is 14.9.